The molecule has 0 aliphatic carbocycles. The number of hydrogen-bond acceptors (Lipinski definition) is 5. The van der Waals surface area contributed by atoms with Crippen molar-refractivity contribution >= 4 is 11.7 Å². The van der Waals surface area contributed by atoms with E-state index in [2.05, 4.69) is 25.7 Å². The second kappa shape index (κ2) is 6.58. The standard InChI is InChI=1S/C10H18N6O2/c1-3-4-7(8(11)16-18)10(17)14-6(2)9-12-5-13-15-9/h5-7,18H,3-4H2,1-2H3,(H2,11,16)(H,14,17)(H,12,13,15). The van der Waals surface area contributed by atoms with E-state index in [0.29, 0.717) is 12.2 Å². The smallest absolute Gasteiger partial charge is 0.231 e. The van der Waals surface area contributed by atoms with Crippen molar-refractivity contribution in [3.05, 3.63) is 12.2 Å². The lowest BCUT2D eigenvalue weighted by molar-refractivity contribution is -0.124. The molecule has 0 radical (unpaired) electrons. The monoisotopic (exact) mass is 254 g/mol. The third-order valence-electron chi connectivity index (χ3n) is 2.57. The second-order valence-electron chi connectivity index (χ2n) is 3.97. The number of nitrogens with zero attached hydrogens (tertiary/aromatic N) is 3. The van der Waals surface area contributed by atoms with Crippen molar-refractivity contribution in [2.24, 2.45) is 16.8 Å². The molecule has 1 rings (SSSR count). The van der Waals surface area contributed by atoms with Gasteiger partial charge in [0.25, 0.3) is 0 Å². The minimum Gasteiger partial charge on any atom is -0.409 e. The first-order chi connectivity index (χ1) is 8.60. The number of nitrogens with two attached hydrogens (primary N) is 1. The van der Waals surface area contributed by atoms with Gasteiger partial charge in [-0.1, -0.05) is 18.5 Å². The maximum atomic E-state index is 12.0. The molecule has 8 heteroatoms. The fraction of sp³-hybridized carbons (Fsp3) is 0.600. The molecular weight excluding hydrogens is 236 g/mol. The molecule has 0 spiro atoms. The van der Waals surface area contributed by atoms with Gasteiger partial charge in [0.05, 0.1) is 12.0 Å². The molecule has 18 heavy (non-hydrogen) atoms. The van der Waals surface area contributed by atoms with Gasteiger partial charge in [-0.05, 0) is 13.3 Å². The molecule has 1 aromatic heterocycles. The van der Waals surface area contributed by atoms with E-state index in [-0.39, 0.29) is 17.8 Å². The number of nitrogens with one attached hydrogen (secondary N) is 2. The summed E-state index contributed by atoms with van der Waals surface area (Å²) < 4.78 is 0. The highest BCUT2D eigenvalue weighted by molar-refractivity contribution is 6.02. The molecule has 1 amide bonds. The van der Waals surface area contributed by atoms with Crippen molar-refractivity contribution in [2.75, 3.05) is 0 Å². The molecule has 0 aromatic carbocycles. The van der Waals surface area contributed by atoms with Crippen LogP contribution in [-0.4, -0.2) is 32.1 Å². The molecule has 1 heterocycles. The maximum absolute atomic E-state index is 12.0. The van der Waals surface area contributed by atoms with Gasteiger partial charge in [-0.15, -0.1) is 0 Å². The quantitative estimate of drug-likeness (QED) is 0.248. The Balaban J connectivity index is 2.67. The Hall–Kier alpha value is -2.12. The number of oxime groups is 1. The highest BCUT2D eigenvalue weighted by Gasteiger charge is 2.24. The Morgan fingerprint density at radius 3 is 2.94 bits per heavy atom. The molecule has 8 nitrogen and oxygen atoms in total. The zero-order valence-corrected chi connectivity index (χ0v) is 10.4. The summed E-state index contributed by atoms with van der Waals surface area (Å²) in [6.45, 7) is 3.69. The number of amidine groups is 1. The van der Waals surface area contributed by atoms with Crippen LogP contribution in [0.5, 0.6) is 0 Å². The van der Waals surface area contributed by atoms with Gasteiger partial charge in [-0.3, -0.25) is 9.89 Å². The second-order valence-corrected chi connectivity index (χ2v) is 3.97. The topological polar surface area (TPSA) is 129 Å². The molecule has 100 valence electrons. The summed E-state index contributed by atoms with van der Waals surface area (Å²) in [5.74, 6) is -0.460. The first-order valence-corrected chi connectivity index (χ1v) is 5.73. The van der Waals surface area contributed by atoms with Crippen LogP contribution in [0, 0.1) is 5.92 Å². The van der Waals surface area contributed by atoms with Gasteiger partial charge in [-0.2, -0.15) is 5.10 Å². The van der Waals surface area contributed by atoms with Crippen molar-refractivity contribution < 1.29 is 10.0 Å². The number of rotatable bonds is 6. The number of amides is 1. The predicted octanol–water partition coefficient (Wildman–Crippen LogP) is 0.145. The molecule has 0 aliphatic heterocycles. The zero-order valence-electron chi connectivity index (χ0n) is 10.4. The number of hydrogen-bond donors (Lipinski definition) is 4. The van der Waals surface area contributed by atoms with Gasteiger partial charge in [-0.25, -0.2) is 4.98 Å². The average molecular weight is 254 g/mol. The highest BCUT2D eigenvalue weighted by atomic mass is 16.4. The van der Waals surface area contributed by atoms with E-state index in [1.807, 2.05) is 6.92 Å². The molecule has 5 N–H and O–H groups in total. The molecule has 2 unspecified atom stereocenters. The van der Waals surface area contributed by atoms with Crippen molar-refractivity contribution in [1.82, 2.24) is 20.5 Å². The lowest BCUT2D eigenvalue weighted by Gasteiger charge is -2.17. The van der Waals surface area contributed by atoms with Gasteiger partial charge in [0.2, 0.25) is 5.91 Å². The van der Waals surface area contributed by atoms with Crippen LogP contribution in [-0.2, 0) is 4.79 Å². The summed E-state index contributed by atoms with van der Waals surface area (Å²) in [5, 5.41) is 20.7. The first kappa shape index (κ1) is 13.9. The molecule has 2 atom stereocenters. The molecule has 0 aliphatic rings. The number of aromatic nitrogens is 3. The number of carbonyl (C=O) groups is 1. The first-order valence-electron chi connectivity index (χ1n) is 5.73. The lowest BCUT2D eigenvalue weighted by atomic mass is 10.0. The summed E-state index contributed by atoms with van der Waals surface area (Å²) in [7, 11) is 0. The molecule has 0 bridgehead atoms. The van der Waals surface area contributed by atoms with E-state index in [0.717, 1.165) is 6.42 Å². The minimum atomic E-state index is -0.634. The van der Waals surface area contributed by atoms with Crippen LogP contribution in [0.4, 0.5) is 0 Å². The van der Waals surface area contributed by atoms with Crippen LogP contribution < -0.4 is 11.1 Å². The molecule has 0 saturated heterocycles. The van der Waals surface area contributed by atoms with E-state index in [9.17, 15) is 4.79 Å². The fourth-order valence-corrected chi connectivity index (χ4v) is 1.58. The molecule has 0 fully saturated rings. The van der Waals surface area contributed by atoms with Gasteiger partial charge in [0.1, 0.15) is 12.2 Å². The summed E-state index contributed by atoms with van der Waals surface area (Å²) in [5.41, 5.74) is 5.50. The Kier molecular flexibility index (Phi) is 5.09. The van der Waals surface area contributed by atoms with E-state index >= 15 is 0 Å². The molecule has 0 saturated carbocycles. The number of H-pyrrole nitrogens is 1. The third-order valence-corrected chi connectivity index (χ3v) is 2.57. The van der Waals surface area contributed by atoms with Gasteiger partial charge in [0.15, 0.2) is 5.84 Å². The Morgan fingerprint density at radius 2 is 2.44 bits per heavy atom. The summed E-state index contributed by atoms with van der Waals surface area (Å²) >= 11 is 0. The normalized spacial score (nSPS) is 15.1. The van der Waals surface area contributed by atoms with Crippen molar-refractivity contribution in [1.29, 1.82) is 0 Å². The van der Waals surface area contributed by atoms with Gasteiger partial charge >= 0.3 is 0 Å². The number of carbonyl (C=O) groups excluding carboxylic acids is 1. The molecule has 1 aromatic rings. The molecular formula is C10H18N6O2. The SMILES string of the molecule is CCCC(C(=O)NC(C)c1ncn[nH]1)C(N)=NO. The van der Waals surface area contributed by atoms with E-state index in [1.165, 1.54) is 6.33 Å². The Morgan fingerprint density at radius 1 is 1.72 bits per heavy atom. The van der Waals surface area contributed by atoms with Gasteiger partial charge in [0, 0.05) is 0 Å². The van der Waals surface area contributed by atoms with Crippen LogP contribution in [0.15, 0.2) is 11.5 Å². The fourth-order valence-electron chi connectivity index (χ4n) is 1.58. The Bertz CT molecular complexity index is 403. The van der Waals surface area contributed by atoms with E-state index in [4.69, 9.17) is 10.9 Å². The van der Waals surface area contributed by atoms with Crippen LogP contribution in [0.2, 0.25) is 0 Å². The zero-order chi connectivity index (χ0) is 13.5. The summed E-state index contributed by atoms with van der Waals surface area (Å²) in [6, 6.07) is -0.314. The van der Waals surface area contributed by atoms with Crippen molar-refractivity contribution in [3.8, 4) is 0 Å². The summed E-state index contributed by atoms with van der Waals surface area (Å²) in [4.78, 5) is 15.9. The van der Waals surface area contributed by atoms with Crippen LogP contribution in [0.3, 0.4) is 0 Å². The lowest BCUT2D eigenvalue weighted by Crippen LogP contribution is -2.40. The van der Waals surface area contributed by atoms with Crippen LogP contribution >= 0.6 is 0 Å². The maximum Gasteiger partial charge on any atom is 0.231 e. The highest BCUT2D eigenvalue weighted by Crippen LogP contribution is 2.11. The van der Waals surface area contributed by atoms with E-state index in [1.54, 1.807) is 6.92 Å². The van der Waals surface area contributed by atoms with Crippen LogP contribution in [0.1, 0.15) is 38.6 Å². The van der Waals surface area contributed by atoms with Crippen molar-refractivity contribution in [2.45, 2.75) is 32.7 Å². The van der Waals surface area contributed by atoms with Crippen LogP contribution in [0.25, 0.3) is 0 Å². The summed E-state index contributed by atoms with van der Waals surface area (Å²) in [6.07, 6.45) is 2.64. The predicted molar refractivity (Wildman–Crippen MR) is 64.7 cm³/mol. The average Bonchev–Trinajstić information content (AvgIpc) is 2.88. The van der Waals surface area contributed by atoms with Gasteiger partial charge < -0.3 is 16.3 Å². The van der Waals surface area contributed by atoms with E-state index < -0.39 is 5.92 Å². The largest absolute Gasteiger partial charge is 0.409 e. The van der Waals surface area contributed by atoms with Crippen molar-refractivity contribution in [3.63, 3.8) is 0 Å². The number of aromatic amines is 1. The Labute approximate surface area is 105 Å². The minimum absolute atomic E-state index is 0.0841. The third kappa shape index (κ3) is 3.44.